The van der Waals surface area contributed by atoms with Gasteiger partial charge in [0.1, 0.15) is 0 Å². The van der Waals surface area contributed by atoms with Gasteiger partial charge < -0.3 is 25.1 Å². The van der Waals surface area contributed by atoms with Crippen LogP contribution >= 0.6 is 0 Å². The number of aryl methyl sites for hydroxylation is 1. The molecule has 0 saturated carbocycles. The Morgan fingerprint density at radius 1 is 1.05 bits per heavy atom. The van der Waals surface area contributed by atoms with Crippen LogP contribution in [0.15, 0.2) is 60.8 Å². The monoisotopic (exact) mass is 497 g/mol. The van der Waals surface area contributed by atoms with Crippen molar-refractivity contribution in [1.29, 1.82) is 0 Å². The van der Waals surface area contributed by atoms with Gasteiger partial charge in [0.2, 0.25) is 0 Å². The van der Waals surface area contributed by atoms with Crippen LogP contribution in [0.2, 0.25) is 0 Å². The molecule has 188 valence electrons. The quantitative estimate of drug-likeness (QED) is 0.337. The van der Waals surface area contributed by atoms with E-state index in [0.29, 0.717) is 47.4 Å². The lowest BCUT2D eigenvalue weighted by Gasteiger charge is -2.13. The van der Waals surface area contributed by atoms with Gasteiger partial charge >= 0.3 is 0 Å². The average molecular weight is 498 g/mol. The fourth-order valence-electron chi connectivity index (χ4n) is 4.09. The normalized spacial score (nSPS) is 12.4. The molecule has 3 heterocycles. The first-order valence-corrected chi connectivity index (χ1v) is 12.1. The van der Waals surface area contributed by atoms with E-state index in [4.69, 9.17) is 14.5 Å². The van der Waals surface area contributed by atoms with Crippen molar-refractivity contribution >= 4 is 17.5 Å². The maximum absolute atomic E-state index is 12.4. The number of aromatic amines is 1. The first kappa shape index (κ1) is 24.1. The molecular weight excluding hydrogens is 470 g/mol. The van der Waals surface area contributed by atoms with Gasteiger partial charge in [-0.05, 0) is 56.3 Å². The Kier molecular flexibility index (Phi) is 6.85. The fourth-order valence-corrected chi connectivity index (χ4v) is 4.09. The average Bonchev–Trinajstić information content (AvgIpc) is 3.36. The van der Waals surface area contributed by atoms with Gasteiger partial charge in [0.05, 0.1) is 23.6 Å². The minimum Gasteiger partial charge on any atom is -0.490 e. The summed E-state index contributed by atoms with van der Waals surface area (Å²) in [6, 6.07) is 16.5. The van der Waals surface area contributed by atoms with Crippen molar-refractivity contribution in [2.24, 2.45) is 0 Å². The highest BCUT2D eigenvalue weighted by Gasteiger charge is 2.21. The lowest BCUT2D eigenvalue weighted by atomic mass is 10.1. The highest BCUT2D eigenvalue weighted by atomic mass is 16.5. The molecule has 0 spiro atoms. The van der Waals surface area contributed by atoms with Gasteiger partial charge in [-0.3, -0.25) is 9.59 Å². The van der Waals surface area contributed by atoms with Gasteiger partial charge in [-0.1, -0.05) is 17.7 Å². The lowest BCUT2D eigenvalue weighted by molar-refractivity contribution is -0.118. The zero-order valence-corrected chi connectivity index (χ0v) is 20.6. The van der Waals surface area contributed by atoms with Crippen LogP contribution < -0.4 is 20.1 Å². The van der Waals surface area contributed by atoms with Gasteiger partial charge in [0.15, 0.2) is 23.9 Å². The van der Waals surface area contributed by atoms with E-state index in [1.165, 1.54) is 0 Å². The number of anilines is 1. The minimum atomic E-state index is -0.270. The summed E-state index contributed by atoms with van der Waals surface area (Å²) in [7, 11) is 0. The molecule has 0 fully saturated rings. The second-order valence-corrected chi connectivity index (χ2v) is 8.64. The van der Waals surface area contributed by atoms with Gasteiger partial charge in [0, 0.05) is 36.1 Å². The molecule has 1 aliphatic rings. The van der Waals surface area contributed by atoms with E-state index in [9.17, 15) is 9.59 Å². The van der Waals surface area contributed by atoms with Crippen molar-refractivity contribution in [3.63, 3.8) is 0 Å². The molecular formula is C28H27N5O4. The molecule has 2 aromatic carbocycles. The Hall–Kier alpha value is -4.66. The van der Waals surface area contributed by atoms with Crippen LogP contribution in [0.4, 0.5) is 5.69 Å². The van der Waals surface area contributed by atoms with E-state index in [2.05, 4.69) is 20.6 Å². The molecule has 0 atom stereocenters. The molecule has 2 aromatic heterocycles. The molecule has 0 aliphatic carbocycles. The SMILES string of the molecule is CCOc1cc(-c2nccc(-c3cc4c([nH]3)CCNC4=O)n2)ccc1OCC(=O)Nc1ccc(C)cc1. The Labute approximate surface area is 214 Å². The van der Waals surface area contributed by atoms with Gasteiger partial charge in [-0.15, -0.1) is 0 Å². The van der Waals surface area contributed by atoms with E-state index < -0.39 is 0 Å². The van der Waals surface area contributed by atoms with Crippen LogP contribution in [0.1, 0.15) is 28.5 Å². The summed E-state index contributed by atoms with van der Waals surface area (Å²) < 4.78 is 11.5. The van der Waals surface area contributed by atoms with Gasteiger partial charge in [-0.2, -0.15) is 0 Å². The molecule has 9 heteroatoms. The largest absolute Gasteiger partial charge is 0.490 e. The Bertz CT molecular complexity index is 1450. The Balaban J connectivity index is 1.33. The number of rotatable bonds is 8. The molecule has 0 bridgehead atoms. The number of fused-ring (bicyclic) bond motifs is 1. The third-order valence-corrected chi connectivity index (χ3v) is 5.93. The summed E-state index contributed by atoms with van der Waals surface area (Å²) in [5, 5.41) is 5.67. The summed E-state index contributed by atoms with van der Waals surface area (Å²) in [6.07, 6.45) is 2.43. The number of ether oxygens (including phenoxy) is 2. The van der Waals surface area contributed by atoms with E-state index in [1.807, 2.05) is 50.2 Å². The number of nitrogens with one attached hydrogen (secondary N) is 3. The lowest BCUT2D eigenvalue weighted by Crippen LogP contribution is -2.31. The molecule has 37 heavy (non-hydrogen) atoms. The minimum absolute atomic E-state index is 0.0810. The Morgan fingerprint density at radius 2 is 1.89 bits per heavy atom. The number of benzene rings is 2. The molecule has 5 rings (SSSR count). The second kappa shape index (κ2) is 10.5. The van der Waals surface area contributed by atoms with Crippen LogP contribution in [0.3, 0.4) is 0 Å². The zero-order valence-electron chi connectivity index (χ0n) is 20.6. The fraction of sp³-hybridized carbons (Fsp3) is 0.214. The maximum Gasteiger partial charge on any atom is 0.262 e. The highest BCUT2D eigenvalue weighted by Crippen LogP contribution is 2.32. The number of carbonyl (C=O) groups is 2. The number of hydrogen-bond acceptors (Lipinski definition) is 6. The number of amides is 2. The summed E-state index contributed by atoms with van der Waals surface area (Å²) in [5.41, 5.74) is 5.55. The molecule has 3 N–H and O–H groups in total. The number of nitrogens with zero attached hydrogens (tertiary/aromatic N) is 2. The molecule has 1 aliphatic heterocycles. The number of aromatic nitrogens is 3. The summed E-state index contributed by atoms with van der Waals surface area (Å²) in [5.74, 6) is 1.09. The van der Waals surface area contributed by atoms with Crippen molar-refractivity contribution in [3.8, 4) is 34.3 Å². The van der Waals surface area contributed by atoms with E-state index >= 15 is 0 Å². The third kappa shape index (κ3) is 5.45. The van der Waals surface area contributed by atoms with Crippen molar-refractivity contribution in [3.05, 3.63) is 77.6 Å². The highest BCUT2D eigenvalue weighted by molar-refractivity contribution is 5.97. The smallest absolute Gasteiger partial charge is 0.262 e. The zero-order chi connectivity index (χ0) is 25.8. The summed E-state index contributed by atoms with van der Waals surface area (Å²) in [4.78, 5) is 36.9. The van der Waals surface area contributed by atoms with Crippen molar-refractivity contribution in [1.82, 2.24) is 20.3 Å². The van der Waals surface area contributed by atoms with Crippen molar-refractivity contribution < 1.29 is 19.1 Å². The second-order valence-electron chi connectivity index (χ2n) is 8.64. The van der Waals surface area contributed by atoms with E-state index in [0.717, 1.165) is 28.9 Å². The molecule has 9 nitrogen and oxygen atoms in total. The van der Waals surface area contributed by atoms with E-state index in [1.54, 1.807) is 24.4 Å². The standard InChI is InChI=1S/C28H27N5O4/c1-3-36-25-14-18(6-9-24(25)37-16-26(34)31-19-7-4-17(2)5-8-19)27-29-12-11-22(33-27)23-15-20-21(32-23)10-13-30-28(20)35/h4-9,11-12,14-15,32H,3,10,13,16H2,1-2H3,(H,30,35)(H,31,34). The molecule has 2 amide bonds. The van der Waals surface area contributed by atoms with Crippen LogP contribution in [0.5, 0.6) is 11.5 Å². The first-order valence-electron chi connectivity index (χ1n) is 12.1. The predicted octanol–water partition coefficient (Wildman–Crippen LogP) is 4.15. The summed E-state index contributed by atoms with van der Waals surface area (Å²) in [6.45, 7) is 4.74. The Morgan fingerprint density at radius 3 is 2.68 bits per heavy atom. The number of H-pyrrole nitrogens is 1. The van der Waals surface area contributed by atoms with Crippen LogP contribution in [-0.2, 0) is 11.2 Å². The van der Waals surface area contributed by atoms with Gasteiger partial charge in [0.25, 0.3) is 11.8 Å². The topological polar surface area (TPSA) is 118 Å². The number of carbonyl (C=O) groups excluding carboxylic acids is 2. The predicted molar refractivity (Wildman–Crippen MR) is 140 cm³/mol. The van der Waals surface area contributed by atoms with Crippen molar-refractivity contribution in [2.45, 2.75) is 20.3 Å². The molecule has 0 saturated heterocycles. The maximum atomic E-state index is 12.4. The van der Waals surface area contributed by atoms with Crippen LogP contribution in [0, 0.1) is 6.92 Å². The van der Waals surface area contributed by atoms with E-state index in [-0.39, 0.29) is 18.4 Å². The first-order chi connectivity index (χ1) is 18.0. The molecule has 0 unspecified atom stereocenters. The van der Waals surface area contributed by atoms with Crippen LogP contribution in [0.25, 0.3) is 22.8 Å². The van der Waals surface area contributed by atoms with Crippen molar-refractivity contribution in [2.75, 3.05) is 25.1 Å². The molecule has 4 aromatic rings. The number of hydrogen-bond donors (Lipinski definition) is 3. The summed E-state index contributed by atoms with van der Waals surface area (Å²) >= 11 is 0. The third-order valence-electron chi connectivity index (χ3n) is 5.93. The molecule has 0 radical (unpaired) electrons. The van der Waals surface area contributed by atoms with Gasteiger partial charge in [-0.25, -0.2) is 9.97 Å². The van der Waals surface area contributed by atoms with Crippen LogP contribution in [-0.4, -0.2) is 46.5 Å².